The van der Waals surface area contributed by atoms with E-state index in [1.54, 1.807) is 4.90 Å². The summed E-state index contributed by atoms with van der Waals surface area (Å²) < 4.78 is 26.7. The van der Waals surface area contributed by atoms with Gasteiger partial charge in [0.05, 0.1) is 5.56 Å². The van der Waals surface area contributed by atoms with E-state index in [4.69, 9.17) is 0 Å². The summed E-state index contributed by atoms with van der Waals surface area (Å²) in [5, 5.41) is 3.22. The van der Waals surface area contributed by atoms with Crippen LogP contribution in [0, 0.1) is 17.6 Å². The summed E-state index contributed by atoms with van der Waals surface area (Å²) in [4.78, 5) is 13.9. The van der Waals surface area contributed by atoms with Gasteiger partial charge >= 0.3 is 0 Å². The Morgan fingerprint density at radius 2 is 2.17 bits per heavy atom. The van der Waals surface area contributed by atoms with Crippen LogP contribution in [0.3, 0.4) is 0 Å². The highest BCUT2D eigenvalue weighted by molar-refractivity contribution is 5.95. The lowest BCUT2D eigenvalue weighted by Crippen LogP contribution is -2.39. The van der Waals surface area contributed by atoms with E-state index in [-0.39, 0.29) is 11.6 Å². The van der Waals surface area contributed by atoms with E-state index in [0.717, 1.165) is 37.7 Å². The molecule has 0 saturated carbocycles. The summed E-state index contributed by atoms with van der Waals surface area (Å²) in [5.74, 6) is -1.19. The standard InChI is InChI=1S/C13H14F2N2O/c14-9-1-2-11(15)10(5-9)13(18)17-4-3-8-6-16-7-12(8)17/h1-2,5,8,12,16H,3-4,6-7H2/t8-,12+/m1/s1. The molecule has 2 heterocycles. The summed E-state index contributed by atoms with van der Waals surface area (Å²) >= 11 is 0. The number of benzene rings is 1. The zero-order valence-electron chi connectivity index (χ0n) is 9.83. The summed E-state index contributed by atoms with van der Waals surface area (Å²) in [6, 6.07) is 3.13. The summed E-state index contributed by atoms with van der Waals surface area (Å²) in [6.07, 6.45) is 0.931. The summed E-state index contributed by atoms with van der Waals surface area (Å²) in [7, 11) is 0. The van der Waals surface area contributed by atoms with Gasteiger partial charge in [-0.25, -0.2) is 8.78 Å². The van der Waals surface area contributed by atoms with E-state index in [1.807, 2.05) is 0 Å². The maximum Gasteiger partial charge on any atom is 0.257 e. The largest absolute Gasteiger partial charge is 0.334 e. The molecule has 5 heteroatoms. The zero-order valence-corrected chi connectivity index (χ0v) is 9.83. The average molecular weight is 252 g/mol. The van der Waals surface area contributed by atoms with Crippen molar-refractivity contribution in [2.45, 2.75) is 12.5 Å². The number of carbonyl (C=O) groups is 1. The minimum absolute atomic E-state index is 0.125. The Hall–Kier alpha value is -1.49. The lowest BCUT2D eigenvalue weighted by Gasteiger charge is -2.23. The van der Waals surface area contributed by atoms with Crippen LogP contribution >= 0.6 is 0 Å². The first-order chi connectivity index (χ1) is 8.66. The van der Waals surface area contributed by atoms with Crippen LogP contribution in [-0.4, -0.2) is 36.5 Å². The number of rotatable bonds is 1. The van der Waals surface area contributed by atoms with Gasteiger partial charge in [0.1, 0.15) is 11.6 Å². The smallest absolute Gasteiger partial charge is 0.257 e. The molecule has 2 aliphatic rings. The Labute approximate surface area is 104 Å². The van der Waals surface area contributed by atoms with Gasteiger partial charge in [-0.2, -0.15) is 0 Å². The van der Waals surface area contributed by atoms with Crippen LogP contribution in [0.4, 0.5) is 8.78 Å². The molecular formula is C13H14F2N2O. The number of hydrogen-bond donors (Lipinski definition) is 1. The molecule has 1 aromatic rings. The van der Waals surface area contributed by atoms with Gasteiger partial charge in [0.2, 0.25) is 0 Å². The normalized spacial score (nSPS) is 26.4. The number of hydrogen-bond acceptors (Lipinski definition) is 2. The van der Waals surface area contributed by atoms with Crippen molar-refractivity contribution < 1.29 is 13.6 Å². The van der Waals surface area contributed by atoms with E-state index in [9.17, 15) is 13.6 Å². The number of halogens is 2. The van der Waals surface area contributed by atoms with Crippen LogP contribution < -0.4 is 5.32 Å². The molecule has 2 aliphatic heterocycles. The zero-order chi connectivity index (χ0) is 12.7. The predicted molar refractivity (Wildman–Crippen MR) is 62.2 cm³/mol. The highest BCUT2D eigenvalue weighted by atomic mass is 19.1. The summed E-state index contributed by atoms with van der Waals surface area (Å²) in [6.45, 7) is 2.28. The third kappa shape index (κ3) is 1.79. The van der Waals surface area contributed by atoms with Crippen molar-refractivity contribution in [3.05, 3.63) is 35.4 Å². The first kappa shape index (κ1) is 11.6. The molecule has 3 rings (SSSR count). The van der Waals surface area contributed by atoms with E-state index >= 15 is 0 Å². The van der Waals surface area contributed by atoms with Crippen LogP contribution in [0.15, 0.2) is 18.2 Å². The van der Waals surface area contributed by atoms with Crippen molar-refractivity contribution >= 4 is 5.91 Å². The minimum atomic E-state index is -0.657. The topological polar surface area (TPSA) is 32.3 Å². The second-order valence-electron chi connectivity index (χ2n) is 4.90. The van der Waals surface area contributed by atoms with Gasteiger partial charge in [-0.3, -0.25) is 4.79 Å². The molecule has 0 bridgehead atoms. The van der Waals surface area contributed by atoms with Gasteiger partial charge in [0.15, 0.2) is 0 Å². The van der Waals surface area contributed by atoms with Gasteiger partial charge in [-0.15, -0.1) is 0 Å². The lowest BCUT2D eigenvalue weighted by molar-refractivity contribution is 0.0731. The fraction of sp³-hybridized carbons (Fsp3) is 0.462. The van der Waals surface area contributed by atoms with Crippen molar-refractivity contribution in [3.63, 3.8) is 0 Å². The fourth-order valence-electron chi connectivity index (χ4n) is 2.92. The first-order valence-electron chi connectivity index (χ1n) is 6.13. The van der Waals surface area contributed by atoms with E-state index in [2.05, 4.69) is 5.32 Å². The minimum Gasteiger partial charge on any atom is -0.334 e. The van der Waals surface area contributed by atoms with Crippen LogP contribution in [0.1, 0.15) is 16.8 Å². The van der Waals surface area contributed by atoms with E-state index < -0.39 is 17.5 Å². The van der Waals surface area contributed by atoms with Crippen LogP contribution in [0.2, 0.25) is 0 Å². The average Bonchev–Trinajstić information content (AvgIpc) is 2.93. The molecule has 1 aromatic carbocycles. The number of carbonyl (C=O) groups excluding carboxylic acids is 1. The van der Waals surface area contributed by atoms with Gasteiger partial charge in [-0.05, 0) is 30.5 Å². The van der Waals surface area contributed by atoms with Gasteiger partial charge < -0.3 is 10.2 Å². The van der Waals surface area contributed by atoms with E-state index in [0.29, 0.717) is 12.5 Å². The molecule has 18 heavy (non-hydrogen) atoms. The van der Waals surface area contributed by atoms with Crippen LogP contribution in [0.5, 0.6) is 0 Å². The van der Waals surface area contributed by atoms with Crippen molar-refractivity contribution in [1.82, 2.24) is 10.2 Å². The maximum atomic E-state index is 13.6. The predicted octanol–water partition coefficient (Wildman–Crippen LogP) is 1.40. The van der Waals surface area contributed by atoms with Gasteiger partial charge in [-0.1, -0.05) is 0 Å². The number of nitrogens with one attached hydrogen (secondary N) is 1. The van der Waals surface area contributed by atoms with Crippen LogP contribution in [-0.2, 0) is 0 Å². The van der Waals surface area contributed by atoms with Gasteiger partial charge in [0, 0.05) is 25.7 Å². The third-order valence-electron chi connectivity index (χ3n) is 3.86. The Bertz CT molecular complexity index is 492. The molecule has 2 fully saturated rings. The molecule has 0 radical (unpaired) electrons. The fourth-order valence-corrected chi connectivity index (χ4v) is 2.92. The Kier molecular flexibility index (Phi) is 2.78. The molecule has 96 valence electrons. The summed E-state index contributed by atoms with van der Waals surface area (Å²) in [5.41, 5.74) is -0.164. The number of amides is 1. The third-order valence-corrected chi connectivity index (χ3v) is 3.86. The van der Waals surface area contributed by atoms with Crippen molar-refractivity contribution in [3.8, 4) is 0 Å². The van der Waals surface area contributed by atoms with E-state index in [1.165, 1.54) is 0 Å². The Morgan fingerprint density at radius 1 is 1.33 bits per heavy atom. The highest BCUT2D eigenvalue weighted by Crippen LogP contribution is 2.29. The molecule has 0 unspecified atom stereocenters. The highest BCUT2D eigenvalue weighted by Gasteiger charge is 2.40. The SMILES string of the molecule is O=C(c1cc(F)ccc1F)N1CC[C@@H]2CNC[C@@H]21. The van der Waals surface area contributed by atoms with Crippen molar-refractivity contribution in [2.24, 2.45) is 5.92 Å². The first-order valence-corrected chi connectivity index (χ1v) is 6.13. The molecule has 0 spiro atoms. The molecule has 0 aromatic heterocycles. The maximum absolute atomic E-state index is 13.6. The second kappa shape index (κ2) is 4.31. The number of fused-ring (bicyclic) bond motifs is 1. The molecule has 1 amide bonds. The second-order valence-corrected chi connectivity index (χ2v) is 4.90. The molecule has 1 N–H and O–H groups in total. The number of likely N-dealkylation sites (tertiary alicyclic amines) is 1. The van der Waals surface area contributed by atoms with Gasteiger partial charge in [0.25, 0.3) is 5.91 Å². The molecule has 2 atom stereocenters. The quantitative estimate of drug-likeness (QED) is 0.819. The van der Waals surface area contributed by atoms with Crippen molar-refractivity contribution in [1.29, 1.82) is 0 Å². The molecule has 0 aliphatic carbocycles. The monoisotopic (exact) mass is 252 g/mol. The Balaban J connectivity index is 1.88. The molecule has 3 nitrogen and oxygen atoms in total. The lowest BCUT2D eigenvalue weighted by atomic mass is 10.0. The molecule has 2 saturated heterocycles. The van der Waals surface area contributed by atoms with Crippen LogP contribution in [0.25, 0.3) is 0 Å². The number of nitrogens with zero attached hydrogens (tertiary/aromatic N) is 1. The van der Waals surface area contributed by atoms with Crippen molar-refractivity contribution in [2.75, 3.05) is 19.6 Å². The molecular weight excluding hydrogens is 238 g/mol. The Morgan fingerprint density at radius 3 is 3.00 bits per heavy atom.